The molecular formula is C26H25N5O2. The number of para-hydroxylation sites is 2. The molecule has 1 atom stereocenters. The van der Waals surface area contributed by atoms with Crippen LogP contribution in [0.2, 0.25) is 0 Å². The molecule has 1 saturated heterocycles. The zero-order valence-corrected chi connectivity index (χ0v) is 18.6. The number of urea groups is 1. The Morgan fingerprint density at radius 3 is 2.52 bits per heavy atom. The fourth-order valence-corrected chi connectivity index (χ4v) is 4.38. The number of rotatable bonds is 5. The predicted octanol–water partition coefficient (Wildman–Crippen LogP) is 3.93. The van der Waals surface area contributed by atoms with E-state index in [-0.39, 0.29) is 11.9 Å². The molecule has 166 valence electrons. The zero-order chi connectivity index (χ0) is 22.9. The van der Waals surface area contributed by atoms with Crippen molar-refractivity contribution in [2.75, 3.05) is 18.0 Å². The van der Waals surface area contributed by atoms with Crippen LogP contribution in [0.1, 0.15) is 33.4 Å². The summed E-state index contributed by atoms with van der Waals surface area (Å²) in [5.41, 5.74) is 5.07. The van der Waals surface area contributed by atoms with Crippen LogP contribution in [0.25, 0.3) is 11.0 Å². The highest BCUT2D eigenvalue weighted by molar-refractivity contribution is 5.98. The van der Waals surface area contributed by atoms with Gasteiger partial charge in [-0.15, -0.1) is 0 Å². The van der Waals surface area contributed by atoms with E-state index in [4.69, 9.17) is 4.98 Å². The van der Waals surface area contributed by atoms with Gasteiger partial charge in [0.1, 0.15) is 11.9 Å². The second kappa shape index (κ2) is 8.43. The van der Waals surface area contributed by atoms with Crippen LogP contribution in [-0.4, -0.2) is 34.6 Å². The molecule has 0 aliphatic carbocycles. The first-order valence-corrected chi connectivity index (χ1v) is 11.0. The number of hydrogen-bond acceptors (Lipinski definition) is 3. The third-order valence-electron chi connectivity index (χ3n) is 6.09. The monoisotopic (exact) mass is 439 g/mol. The van der Waals surface area contributed by atoms with E-state index < -0.39 is 6.04 Å². The second-order valence-electron chi connectivity index (χ2n) is 8.22. The molecule has 1 aromatic heterocycles. The number of aryl methyl sites for hydroxylation is 2. The number of hydrogen-bond donors (Lipinski definition) is 2. The first-order chi connectivity index (χ1) is 16.0. The largest absolute Gasteiger partial charge is 0.338 e. The Morgan fingerprint density at radius 1 is 1.06 bits per heavy atom. The molecule has 1 unspecified atom stereocenters. The Balaban J connectivity index is 1.48. The average molecular weight is 440 g/mol. The fourth-order valence-electron chi connectivity index (χ4n) is 4.38. The highest BCUT2D eigenvalue weighted by Crippen LogP contribution is 2.27. The highest BCUT2D eigenvalue weighted by atomic mass is 16.2. The SMILES string of the molecule is Cc1cc(C(=O)NC(c2ccccc2)c2nc3ccccc3n2C)ccc1N1CCNC1=O. The van der Waals surface area contributed by atoms with Gasteiger partial charge in [-0.25, -0.2) is 9.78 Å². The van der Waals surface area contributed by atoms with Crippen LogP contribution in [0.15, 0.2) is 72.8 Å². The van der Waals surface area contributed by atoms with Crippen molar-refractivity contribution in [1.82, 2.24) is 20.2 Å². The number of amides is 3. The van der Waals surface area contributed by atoms with E-state index in [0.29, 0.717) is 18.7 Å². The maximum absolute atomic E-state index is 13.3. The predicted molar refractivity (Wildman–Crippen MR) is 128 cm³/mol. The van der Waals surface area contributed by atoms with Crippen molar-refractivity contribution >= 4 is 28.7 Å². The molecular weight excluding hydrogens is 414 g/mol. The lowest BCUT2D eigenvalue weighted by Crippen LogP contribution is -2.31. The number of benzene rings is 3. The highest BCUT2D eigenvalue weighted by Gasteiger charge is 2.25. The summed E-state index contributed by atoms with van der Waals surface area (Å²) in [5.74, 6) is 0.564. The summed E-state index contributed by atoms with van der Waals surface area (Å²) in [6.45, 7) is 3.16. The molecule has 33 heavy (non-hydrogen) atoms. The van der Waals surface area contributed by atoms with Gasteiger partial charge in [-0.05, 0) is 48.4 Å². The average Bonchev–Trinajstić information content (AvgIpc) is 3.41. The maximum atomic E-state index is 13.3. The van der Waals surface area contributed by atoms with Gasteiger partial charge in [-0.3, -0.25) is 9.69 Å². The van der Waals surface area contributed by atoms with Crippen molar-refractivity contribution in [3.05, 3.63) is 95.3 Å². The minimum atomic E-state index is -0.416. The topological polar surface area (TPSA) is 79.3 Å². The quantitative estimate of drug-likeness (QED) is 0.495. The molecule has 2 heterocycles. The molecule has 1 aliphatic rings. The fraction of sp³-hybridized carbons (Fsp3) is 0.192. The summed E-state index contributed by atoms with van der Waals surface area (Å²) < 4.78 is 2.02. The molecule has 0 spiro atoms. The van der Waals surface area contributed by atoms with E-state index in [1.807, 2.05) is 85.3 Å². The van der Waals surface area contributed by atoms with Crippen molar-refractivity contribution in [1.29, 1.82) is 0 Å². The molecule has 0 radical (unpaired) electrons. The summed E-state index contributed by atoms with van der Waals surface area (Å²) in [5, 5.41) is 5.99. The number of carbonyl (C=O) groups excluding carboxylic acids is 2. The van der Waals surface area contributed by atoms with Gasteiger partial charge in [-0.1, -0.05) is 42.5 Å². The molecule has 2 N–H and O–H groups in total. The molecule has 7 heteroatoms. The normalized spacial score (nSPS) is 14.4. The van der Waals surface area contributed by atoms with Gasteiger partial charge in [0.15, 0.2) is 0 Å². The van der Waals surface area contributed by atoms with Crippen molar-refractivity contribution < 1.29 is 9.59 Å². The Kier molecular flexibility index (Phi) is 5.30. The minimum absolute atomic E-state index is 0.110. The summed E-state index contributed by atoms with van der Waals surface area (Å²) >= 11 is 0. The van der Waals surface area contributed by atoms with Gasteiger partial charge in [0.2, 0.25) is 0 Å². The van der Waals surface area contributed by atoms with Crippen LogP contribution < -0.4 is 15.5 Å². The molecule has 4 aromatic rings. The summed E-state index contributed by atoms with van der Waals surface area (Å²) in [6, 6.07) is 22.7. The number of nitrogens with one attached hydrogen (secondary N) is 2. The standard InChI is InChI=1S/C26H25N5O2/c1-17-16-19(12-13-21(17)31-15-14-27-26(31)33)25(32)29-23(18-8-4-3-5-9-18)24-28-20-10-6-7-11-22(20)30(24)2/h3-13,16,23H,14-15H2,1-2H3,(H,27,33)(H,29,32). The van der Waals surface area contributed by atoms with E-state index in [2.05, 4.69) is 10.6 Å². The van der Waals surface area contributed by atoms with Crippen LogP contribution in [0.4, 0.5) is 10.5 Å². The Morgan fingerprint density at radius 2 is 1.82 bits per heavy atom. The molecule has 3 amide bonds. The summed E-state index contributed by atoms with van der Waals surface area (Å²) in [6.07, 6.45) is 0. The Hall–Kier alpha value is -4.13. The maximum Gasteiger partial charge on any atom is 0.322 e. The number of anilines is 1. The molecule has 3 aromatic carbocycles. The third kappa shape index (κ3) is 3.82. The van der Waals surface area contributed by atoms with Crippen molar-refractivity contribution in [2.24, 2.45) is 7.05 Å². The van der Waals surface area contributed by atoms with Crippen LogP contribution in [0.3, 0.4) is 0 Å². The van der Waals surface area contributed by atoms with Gasteiger partial charge < -0.3 is 15.2 Å². The summed E-state index contributed by atoms with van der Waals surface area (Å²) in [4.78, 5) is 31.9. The van der Waals surface area contributed by atoms with Gasteiger partial charge in [-0.2, -0.15) is 0 Å². The van der Waals surface area contributed by atoms with E-state index in [1.165, 1.54) is 0 Å². The Bertz CT molecular complexity index is 1350. The van der Waals surface area contributed by atoms with Crippen LogP contribution in [-0.2, 0) is 7.05 Å². The Labute approximate surface area is 192 Å². The third-order valence-corrected chi connectivity index (χ3v) is 6.09. The smallest absolute Gasteiger partial charge is 0.322 e. The lowest BCUT2D eigenvalue weighted by atomic mass is 10.0. The van der Waals surface area contributed by atoms with E-state index >= 15 is 0 Å². The van der Waals surface area contributed by atoms with E-state index in [0.717, 1.165) is 33.7 Å². The van der Waals surface area contributed by atoms with Crippen molar-refractivity contribution in [3.63, 3.8) is 0 Å². The molecule has 0 saturated carbocycles. The lowest BCUT2D eigenvalue weighted by Gasteiger charge is -2.21. The van der Waals surface area contributed by atoms with E-state index in [9.17, 15) is 9.59 Å². The molecule has 1 aliphatic heterocycles. The molecule has 0 bridgehead atoms. The number of carbonyl (C=O) groups is 2. The molecule has 1 fully saturated rings. The van der Waals surface area contributed by atoms with Gasteiger partial charge in [0.05, 0.1) is 11.0 Å². The van der Waals surface area contributed by atoms with Gasteiger partial charge >= 0.3 is 6.03 Å². The van der Waals surface area contributed by atoms with Crippen molar-refractivity contribution in [3.8, 4) is 0 Å². The zero-order valence-electron chi connectivity index (χ0n) is 18.6. The van der Waals surface area contributed by atoms with Crippen LogP contribution in [0, 0.1) is 6.92 Å². The number of fused-ring (bicyclic) bond motifs is 1. The molecule has 5 rings (SSSR count). The van der Waals surface area contributed by atoms with Crippen molar-refractivity contribution in [2.45, 2.75) is 13.0 Å². The summed E-state index contributed by atoms with van der Waals surface area (Å²) in [7, 11) is 1.97. The number of imidazole rings is 1. The molecule has 7 nitrogen and oxygen atoms in total. The lowest BCUT2D eigenvalue weighted by molar-refractivity contribution is 0.0941. The number of aromatic nitrogens is 2. The first kappa shape index (κ1) is 20.8. The van der Waals surface area contributed by atoms with Crippen LogP contribution in [0.5, 0.6) is 0 Å². The first-order valence-electron chi connectivity index (χ1n) is 11.0. The van der Waals surface area contributed by atoms with Gasteiger partial charge in [0, 0.05) is 31.4 Å². The van der Waals surface area contributed by atoms with E-state index in [1.54, 1.807) is 11.0 Å². The van der Waals surface area contributed by atoms with Gasteiger partial charge in [0.25, 0.3) is 5.91 Å². The second-order valence-corrected chi connectivity index (χ2v) is 8.22. The number of nitrogens with zero attached hydrogens (tertiary/aromatic N) is 3. The van der Waals surface area contributed by atoms with Crippen LogP contribution >= 0.6 is 0 Å². The minimum Gasteiger partial charge on any atom is -0.338 e.